The molecule has 0 aliphatic carbocycles. The summed E-state index contributed by atoms with van der Waals surface area (Å²) in [5, 5.41) is 5.94. The molecule has 7 heteroatoms. The number of rotatable bonds is 9. The van der Waals surface area contributed by atoms with Crippen LogP contribution in [0.2, 0.25) is 0 Å². The van der Waals surface area contributed by atoms with Crippen LogP contribution in [-0.2, 0) is 14.3 Å². The number of anilines is 2. The van der Waals surface area contributed by atoms with Gasteiger partial charge in [0.25, 0.3) is 0 Å². The van der Waals surface area contributed by atoms with E-state index in [1.807, 2.05) is 36.4 Å². The molecule has 2 N–H and O–H groups in total. The Bertz CT molecular complexity index is 1020. The maximum absolute atomic E-state index is 12.6. The average molecular weight is 476 g/mol. The Morgan fingerprint density at radius 1 is 0.765 bits per heavy atom. The molecule has 1 aliphatic heterocycles. The van der Waals surface area contributed by atoms with Crippen LogP contribution < -0.4 is 10.6 Å². The topological polar surface area (TPSA) is 70.7 Å². The molecular formula is C27H29N3O3S. The van der Waals surface area contributed by atoms with E-state index in [0.29, 0.717) is 36.9 Å². The zero-order valence-electron chi connectivity index (χ0n) is 19.0. The standard InChI is InChI=1S/C27H29N3O3S/c31-25(19-30-15-17-33-18-16-30)28-23-11-13-24(14-12-23)29-26(32)20-34-27(21-7-3-1-4-8-21)22-9-5-2-6-10-22/h1-14,27H,15-20H2,(H,28,31)(H,29,32). The number of morpholine rings is 1. The summed E-state index contributed by atoms with van der Waals surface area (Å²) in [5.74, 6) is 0.209. The fourth-order valence-corrected chi connectivity index (χ4v) is 4.89. The number of thioether (sulfide) groups is 1. The molecule has 0 bridgehead atoms. The van der Waals surface area contributed by atoms with E-state index in [1.165, 1.54) is 11.1 Å². The molecule has 6 nitrogen and oxygen atoms in total. The summed E-state index contributed by atoms with van der Waals surface area (Å²) in [6.45, 7) is 3.22. The van der Waals surface area contributed by atoms with Gasteiger partial charge in [-0.25, -0.2) is 0 Å². The molecule has 1 heterocycles. The highest BCUT2D eigenvalue weighted by atomic mass is 32.2. The largest absolute Gasteiger partial charge is 0.379 e. The van der Waals surface area contributed by atoms with Crippen molar-refractivity contribution >= 4 is 35.0 Å². The Morgan fingerprint density at radius 2 is 1.26 bits per heavy atom. The van der Waals surface area contributed by atoms with Gasteiger partial charge in [0.1, 0.15) is 0 Å². The van der Waals surface area contributed by atoms with E-state index in [1.54, 1.807) is 36.0 Å². The Labute approximate surface area is 204 Å². The minimum Gasteiger partial charge on any atom is -0.379 e. The highest BCUT2D eigenvalue weighted by Gasteiger charge is 2.17. The lowest BCUT2D eigenvalue weighted by Gasteiger charge is -2.25. The average Bonchev–Trinajstić information content (AvgIpc) is 2.87. The van der Waals surface area contributed by atoms with Gasteiger partial charge in [0.15, 0.2) is 0 Å². The van der Waals surface area contributed by atoms with Gasteiger partial charge in [-0.15, -0.1) is 11.8 Å². The predicted molar refractivity (Wildman–Crippen MR) is 138 cm³/mol. The molecule has 0 aromatic heterocycles. The fourth-order valence-electron chi connectivity index (χ4n) is 3.80. The van der Waals surface area contributed by atoms with Crippen molar-refractivity contribution in [3.05, 3.63) is 96.1 Å². The van der Waals surface area contributed by atoms with Gasteiger partial charge in [0.05, 0.1) is 30.8 Å². The van der Waals surface area contributed by atoms with Gasteiger partial charge in [-0.2, -0.15) is 0 Å². The van der Waals surface area contributed by atoms with E-state index < -0.39 is 0 Å². The number of ether oxygens (including phenoxy) is 1. The van der Waals surface area contributed by atoms with Crippen LogP contribution in [0.25, 0.3) is 0 Å². The Morgan fingerprint density at radius 3 is 1.79 bits per heavy atom. The molecule has 1 fully saturated rings. The third-order valence-electron chi connectivity index (χ3n) is 5.51. The normalized spacial score (nSPS) is 14.0. The second-order valence-electron chi connectivity index (χ2n) is 8.07. The zero-order valence-corrected chi connectivity index (χ0v) is 19.8. The molecule has 0 atom stereocenters. The minimum absolute atomic E-state index is 0.0528. The smallest absolute Gasteiger partial charge is 0.238 e. The van der Waals surface area contributed by atoms with E-state index in [0.717, 1.165) is 13.1 Å². The number of amides is 2. The lowest BCUT2D eigenvalue weighted by Crippen LogP contribution is -2.41. The second-order valence-corrected chi connectivity index (χ2v) is 9.17. The first-order valence-electron chi connectivity index (χ1n) is 11.4. The SMILES string of the molecule is O=C(CSC(c1ccccc1)c1ccccc1)Nc1ccc(NC(=O)CN2CCOCC2)cc1. The van der Waals surface area contributed by atoms with Crippen LogP contribution in [0, 0.1) is 0 Å². The molecule has 34 heavy (non-hydrogen) atoms. The first-order valence-corrected chi connectivity index (χ1v) is 12.4. The molecule has 0 radical (unpaired) electrons. The van der Waals surface area contributed by atoms with Crippen molar-refractivity contribution in [2.45, 2.75) is 5.25 Å². The zero-order chi connectivity index (χ0) is 23.6. The Kier molecular flexibility index (Phi) is 8.73. The van der Waals surface area contributed by atoms with E-state index in [2.05, 4.69) is 39.8 Å². The highest BCUT2D eigenvalue weighted by Crippen LogP contribution is 2.35. The van der Waals surface area contributed by atoms with Crippen LogP contribution in [-0.4, -0.2) is 55.3 Å². The summed E-state index contributed by atoms with van der Waals surface area (Å²) < 4.78 is 5.31. The molecule has 3 aromatic carbocycles. The molecule has 0 saturated carbocycles. The molecule has 2 amide bonds. The van der Waals surface area contributed by atoms with Crippen LogP contribution in [0.5, 0.6) is 0 Å². The Balaban J connectivity index is 1.28. The van der Waals surface area contributed by atoms with Gasteiger partial charge in [0.2, 0.25) is 11.8 Å². The number of nitrogens with one attached hydrogen (secondary N) is 2. The lowest BCUT2D eigenvalue weighted by atomic mass is 10.0. The van der Waals surface area contributed by atoms with Crippen molar-refractivity contribution in [3.63, 3.8) is 0 Å². The molecule has 0 spiro atoms. The van der Waals surface area contributed by atoms with Gasteiger partial charge in [-0.05, 0) is 35.4 Å². The van der Waals surface area contributed by atoms with Crippen molar-refractivity contribution < 1.29 is 14.3 Å². The number of carbonyl (C=O) groups is 2. The second kappa shape index (κ2) is 12.4. The Hall–Kier alpha value is -3.13. The number of benzene rings is 3. The van der Waals surface area contributed by atoms with E-state index in [4.69, 9.17) is 4.74 Å². The third-order valence-corrected chi connectivity index (χ3v) is 6.82. The summed E-state index contributed by atoms with van der Waals surface area (Å²) in [7, 11) is 0. The number of nitrogens with zero attached hydrogens (tertiary/aromatic N) is 1. The molecular weight excluding hydrogens is 446 g/mol. The van der Waals surface area contributed by atoms with Crippen LogP contribution >= 0.6 is 11.8 Å². The van der Waals surface area contributed by atoms with Crippen LogP contribution in [0.3, 0.4) is 0 Å². The number of carbonyl (C=O) groups excluding carboxylic acids is 2. The maximum atomic E-state index is 12.6. The molecule has 3 aromatic rings. The number of hydrogen-bond donors (Lipinski definition) is 2. The third kappa shape index (κ3) is 7.18. The predicted octanol–water partition coefficient (Wildman–Crippen LogP) is 4.42. The van der Waals surface area contributed by atoms with Gasteiger partial charge in [0, 0.05) is 24.5 Å². The van der Waals surface area contributed by atoms with E-state index in [-0.39, 0.29) is 17.1 Å². The summed E-state index contributed by atoms with van der Waals surface area (Å²) in [6.07, 6.45) is 0. The van der Waals surface area contributed by atoms with Crippen LogP contribution in [0.4, 0.5) is 11.4 Å². The monoisotopic (exact) mass is 475 g/mol. The van der Waals surface area contributed by atoms with Gasteiger partial charge in [-0.1, -0.05) is 60.7 Å². The van der Waals surface area contributed by atoms with Gasteiger partial charge >= 0.3 is 0 Å². The van der Waals surface area contributed by atoms with Gasteiger partial charge < -0.3 is 15.4 Å². The van der Waals surface area contributed by atoms with Crippen LogP contribution in [0.15, 0.2) is 84.9 Å². The summed E-state index contributed by atoms with van der Waals surface area (Å²) >= 11 is 1.60. The first kappa shape index (κ1) is 24.0. The molecule has 176 valence electrons. The fraction of sp³-hybridized carbons (Fsp3) is 0.259. The van der Waals surface area contributed by atoms with Gasteiger partial charge in [-0.3, -0.25) is 14.5 Å². The van der Waals surface area contributed by atoms with Crippen molar-refractivity contribution in [3.8, 4) is 0 Å². The summed E-state index contributed by atoms with van der Waals surface area (Å²) in [6, 6.07) is 27.7. The van der Waals surface area contributed by atoms with Crippen molar-refractivity contribution in [1.82, 2.24) is 4.90 Å². The maximum Gasteiger partial charge on any atom is 0.238 e. The number of hydrogen-bond acceptors (Lipinski definition) is 5. The van der Waals surface area contributed by atoms with Crippen molar-refractivity contribution in [2.24, 2.45) is 0 Å². The summed E-state index contributed by atoms with van der Waals surface area (Å²) in [4.78, 5) is 27.0. The molecule has 0 unspecified atom stereocenters. The van der Waals surface area contributed by atoms with E-state index >= 15 is 0 Å². The quantitative estimate of drug-likeness (QED) is 0.480. The minimum atomic E-state index is -0.0639. The van der Waals surface area contributed by atoms with Crippen molar-refractivity contribution in [2.75, 3.05) is 49.2 Å². The molecule has 1 saturated heterocycles. The van der Waals surface area contributed by atoms with Crippen LogP contribution in [0.1, 0.15) is 16.4 Å². The van der Waals surface area contributed by atoms with E-state index in [9.17, 15) is 9.59 Å². The van der Waals surface area contributed by atoms with Crippen molar-refractivity contribution in [1.29, 1.82) is 0 Å². The molecule has 4 rings (SSSR count). The first-order chi connectivity index (χ1) is 16.7. The lowest BCUT2D eigenvalue weighted by molar-refractivity contribution is -0.118. The summed E-state index contributed by atoms with van der Waals surface area (Å²) in [5.41, 5.74) is 3.75. The molecule has 1 aliphatic rings. The highest BCUT2D eigenvalue weighted by molar-refractivity contribution is 8.00.